The van der Waals surface area contributed by atoms with Crippen molar-refractivity contribution < 1.29 is 4.79 Å². The molecule has 2 aromatic heterocycles. The van der Waals surface area contributed by atoms with Crippen molar-refractivity contribution in [3.8, 4) is 5.13 Å². The van der Waals surface area contributed by atoms with Crippen molar-refractivity contribution >= 4 is 17.6 Å². The zero-order valence-electron chi connectivity index (χ0n) is 7.10. The van der Waals surface area contributed by atoms with Crippen LogP contribution in [0.4, 0.5) is 0 Å². The van der Waals surface area contributed by atoms with Gasteiger partial charge in [0.25, 0.3) is 0 Å². The Hall–Kier alpha value is -1.42. The normalized spacial score (nSPS) is 10.2. The summed E-state index contributed by atoms with van der Waals surface area (Å²) in [5.41, 5.74) is 1.67. The molecule has 0 bridgehead atoms. The standard InChI is InChI=1S/C9H8N2OS/c1-7-2-3-8(6-12)11(7)9-10-4-5-13-9/h2-6H,1H3. The van der Waals surface area contributed by atoms with Crippen molar-refractivity contribution in [1.82, 2.24) is 9.55 Å². The van der Waals surface area contributed by atoms with Crippen molar-refractivity contribution in [3.05, 3.63) is 35.1 Å². The Labute approximate surface area is 79.7 Å². The highest BCUT2D eigenvalue weighted by Crippen LogP contribution is 2.17. The van der Waals surface area contributed by atoms with Crippen LogP contribution in [0.2, 0.25) is 0 Å². The van der Waals surface area contributed by atoms with Gasteiger partial charge in [-0.15, -0.1) is 11.3 Å². The maximum atomic E-state index is 10.7. The molecule has 2 heterocycles. The molecule has 0 aliphatic heterocycles. The summed E-state index contributed by atoms with van der Waals surface area (Å²) < 4.78 is 1.84. The van der Waals surface area contributed by atoms with E-state index in [4.69, 9.17) is 0 Å². The molecule has 3 nitrogen and oxygen atoms in total. The monoisotopic (exact) mass is 192 g/mol. The Balaban J connectivity index is 2.62. The molecule has 0 spiro atoms. The molecule has 2 aromatic rings. The Morgan fingerprint density at radius 2 is 2.38 bits per heavy atom. The molecule has 0 amide bonds. The SMILES string of the molecule is Cc1ccc(C=O)n1-c1nccs1. The molecule has 0 aliphatic carbocycles. The summed E-state index contributed by atoms with van der Waals surface area (Å²) in [6.45, 7) is 1.95. The van der Waals surface area contributed by atoms with Crippen LogP contribution in [0.5, 0.6) is 0 Å². The van der Waals surface area contributed by atoms with E-state index in [-0.39, 0.29) is 0 Å². The number of nitrogens with zero attached hydrogens (tertiary/aromatic N) is 2. The van der Waals surface area contributed by atoms with E-state index in [0.29, 0.717) is 5.69 Å². The summed E-state index contributed by atoms with van der Waals surface area (Å²) >= 11 is 1.52. The predicted molar refractivity (Wildman–Crippen MR) is 51.6 cm³/mol. The lowest BCUT2D eigenvalue weighted by atomic mass is 10.5. The van der Waals surface area contributed by atoms with Gasteiger partial charge in [-0.2, -0.15) is 0 Å². The summed E-state index contributed by atoms with van der Waals surface area (Å²) in [4.78, 5) is 14.8. The third kappa shape index (κ3) is 1.29. The average molecular weight is 192 g/mol. The first-order chi connectivity index (χ1) is 6.33. The van der Waals surface area contributed by atoms with Crippen LogP contribution in [0, 0.1) is 6.92 Å². The number of aldehydes is 1. The number of thiazole rings is 1. The van der Waals surface area contributed by atoms with Gasteiger partial charge in [0.2, 0.25) is 0 Å². The molecule has 2 rings (SSSR count). The van der Waals surface area contributed by atoms with Gasteiger partial charge in [-0.05, 0) is 19.1 Å². The second kappa shape index (κ2) is 3.14. The number of carbonyl (C=O) groups excluding carboxylic acids is 1. The molecule has 0 N–H and O–H groups in total. The van der Waals surface area contributed by atoms with Gasteiger partial charge in [-0.3, -0.25) is 9.36 Å². The number of aromatic nitrogens is 2. The molecule has 0 aliphatic rings. The van der Waals surface area contributed by atoms with Crippen LogP contribution in [0.25, 0.3) is 5.13 Å². The lowest BCUT2D eigenvalue weighted by Crippen LogP contribution is -1.99. The second-order valence-corrected chi connectivity index (χ2v) is 3.54. The molecule has 0 saturated heterocycles. The van der Waals surface area contributed by atoms with Gasteiger partial charge >= 0.3 is 0 Å². The Kier molecular flexibility index (Phi) is 1.98. The van der Waals surface area contributed by atoms with Crippen molar-refractivity contribution in [3.63, 3.8) is 0 Å². The highest BCUT2D eigenvalue weighted by atomic mass is 32.1. The van der Waals surface area contributed by atoms with E-state index in [1.807, 2.05) is 22.9 Å². The Morgan fingerprint density at radius 3 is 3.00 bits per heavy atom. The van der Waals surface area contributed by atoms with Crippen molar-refractivity contribution in [1.29, 1.82) is 0 Å². The van der Waals surface area contributed by atoms with Crippen LogP contribution in [-0.2, 0) is 0 Å². The summed E-state index contributed by atoms with van der Waals surface area (Å²) in [6, 6.07) is 3.70. The van der Waals surface area contributed by atoms with Gasteiger partial charge in [0.15, 0.2) is 11.4 Å². The molecular weight excluding hydrogens is 184 g/mol. The van der Waals surface area contributed by atoms with E-state index >= 15 is 0 Å². The van der Waals surface area contributed by atoms with Gasteiger partial charge < -0.3 is 0 Å². The highest BCUT2D eigenvalue weighted by molar-refractivity contribution is 7.12. The zero-order valence-corrected chi connectivity index (χ0v) is 7.91. The first-order valence-electron chi connectivity index (χ1n) is 3.86. The first-order valence-corrected chi connectivity index (χ1v) is 4.74. The molecule has 66 valence electrons. The molecule has 0 radical (unpaired) electrons. The molecule has 4 heteroatoms. The van der Waals surface area contributed by atoms with Gasteiger partial charge in [0, 0.05) is 17.3 Å². The number of rotatable bonds is 2. The third-order valence-corrected chi connectivity index (χ3v) is 2.59. The maximum Gasteiger partial charge on any atom is 0.194 e. The van der Waals surface area contributed by atoms with Crippen LogP contribution in [0.1, 0.15) is 16.2 Å². The minimum Gasteiger partial charge on any atom is -0.296 e. The number of hydrogen-bond donors (Lipinski definition) is 0. The topological polar surface area (TPSA) is 34.9 Å². The molecule has 0 atom stereocenters. The number of carbonyl (C=O) groups is 1. The van der Waals surface area contributed by atoms with Gasteiger partial charge in [-0.1, -0.05) is 0 Å². The molecule has 0 unspecified atom stereocenters. The highest BCUT2D eigenvalue weighted by Gasteiger charge is 2.07. The Bertz CT molecular complexity index is 417. The van der Waals surface area contributed by atoms with E-state index in [0.717, 1.165) is 17.1 Å². The summed E-state index contributed by atoms with van der Waals surface area (Å²) in [7, 11) is 0. The fourth-order valence-corrected chi connectivity index (χ4v) is 1.96. The van der Waals surface area contributed by atoms with Crippen LogP contribution >= 0.6 is 11.3 Å². The lowest BCUT2D eigenvalue weighted by molar-refractivity contribution is 0.111. The minimum atomic E-state index is 0.646. The maximum absolute atomic E-state index is 10.7. The van der Waals surface area contributed by atoms with Crippen LogP contribution < -0.4 is 0 Å². The number of aryl methyl sites for hydroxylation is 1. The van der Waals surface area contributed by atoms with E-state index in [9.17, 15) is 4.79 Å². The average Bonchev–Trinajstić information content (AvgIpc) is 2.72. The van der Waals surface area contributed by atoms with Crippen LogP contribution in [0.15, 0.2) is 23.7 Å². The Morgan fingerprint density at radius 1 is 1.54 bits per heavy atom. The zero-order chi connectivity index (χ0) is 9.26. The fourth-order valence-electron chi connectivity index (χ4n) is 1.24. The summed E-state index contributed by atoms with van der Waals surface area (Å²) in [5.74, 6) is 0. The van der Waals surface area contributed by atoms with E-state index in [1.54, 1.807) is 12.3 Å². The second-order valence-electron chi connectivity index (χ2n) is 2.67. The molecule has 0 aromatic carbocycles. The van der Waals surface area contributed by atoms with Gasteiger partial charge in [0.05, 0.1) is 5.69 Å². The third-order valence-electron chi connectivity index (χ3n) is 1.84. The van der Waals surface area contributed by atoms with Gasteiger partial charge in [0.1, 0.15) is 0 Å². The smallest absolute Gasteiger partial charge is 0.194 e. The molecule has 0 fully saturated rings. The van der Waals surface area contributed by atoms with E-state index in [1.165, 1.54) is 11.3 Å². The molecule has 0 saturated carbocycles. The lowest BCUT2D eigenvalue weighted by Gasteiger charge is -2.02. The predicted octanol–water partition coefficient (Wildman–Crippen LogP) is 2.05. The molecule has 13 heavy (non-hydrogen) atoms. The minimum absolute atomic E-state index is 0.646. The quantitative estimate of drug-likeness (QED) is 0.682. The van der Waals surface area contributed by atoms with Crippen molar-refractivity contribution in [2.45, 2.75) is 6.92 Å². The van der Waals surface area contributed by atoms with Crippen LogP contribution in [-0.4, -0.2) is 15.8 Å². The summed E-state index contributed by atoms with van der Waals surface area (Å²) in [5, 5.41) is 2.73. The van der Waals surface area contributed by atoms with Gasteiger partial charge in [-0.25, -0.2) is 4.98 Å². The van der Waals surface area contributed by atoms with Crippen molar-refractivity contribution in [2.24, 2.45) is 0 Å². The van der Waals surface area contributed by atoms with E-state index in [2.05, 4.69) is 4.98 Å². The summed E-state index contributed by atoms with van der Waals surface area (Å²) in [6.07, 6.45) is 2.57. The molecular formula is C9H8N2OS. The first kappa shape index (κ1) is 8.19. The van der Waals surface area contributed by atoms with Crippen molar-refractivity contribution in [2.75, 3.05) is 0 Å². The largest absolute Gasteiger partial charge is 0.296 e. The van der Waals surface area contributed by atoms with Crippen LogP contribution in [0.3, 0.4) is 0 Å². The number of hydrogen-bond acceptors (Lipinski definition) is 3. The fraction of sp³-hybridized carbons (Fsp3) is 0.111. The van der Waals surface area contributed by atoms with E-state index < -0.39 is 0 Å².